The third-order valence-electron chi connectivity index (χ3n) is 4.51. The number of halogens is 1. The van der Waals surface area contributed by atoms with Gasteiger partial charge in [-0.15, -0.1) is 0 Å². The highest BCUT2D eigenvalue weighted by atomic mass is 127. The van der Waals surface area contributed by atoms with Crippen LogP contribution in [0.15, 0.2) is 42.5 Å². The molecule has 4 nitrogen and oxygen atoms in total. The molecule has 3 N–H and O–H groups in total. The topological polar surface area (TPSA) is 58.4 Å². The lowest BCUT2D eigenvalue weighted by Crippen LogP contribution is -2.33. The highest BCUT2D eigenvalue weighted by Gasteiger charge is 2.20. The van der Waals surface area contributed by atoms with Crippen molar-refractivity contribution < 1.29 is 4.79 Å². The van der Waals surface area contributed by atoms with E-state index >= 15 is 0 Å². The fraction of sp³-hybridized carbons (Fsp3) is 0.316. The Morgan fingerprint density at radius 1 is 1.21 bits per heavy atom. The van der Waals surface area contributed by atoms with Crippen molar-refractivity contribution in [2.75, 3.05) is 29.0 Å². The summed E-state index contributed by atoms with van der Waals surface area (Å²) in [6, 6.07) is 13.3. The molecule has 0 unspecified atom stereocenters. The van der Waals surface area contributed by atoms with Crippen molar-refractivity contribution in [1.82, 2.24) is 0 Å². The first kappa shape index (κ1) is 17.1. The van der Waals surface area contributed by atoms with E-state index in [0.29, 0.717) is 11.3 Å². The number of benzene rings is 2. The summed E-state index contributed by atoms with van der Waals surface area (Å²) in [5.41, 5.74) is 9.12. The number of rotatable bonds is 3. The standard InChI is InChI=1S/C19H22IN3O/c1-13-8-10-23(11-9-13)18-7-6-14(21)12-17(18)22-19(24)15-4-2-3-5-16(15)20/h2-7,12-13H,8-11,21H2,1H3,(H,22,24). The molecule has 0 atom stereocenters. The Bertz CT molecular complexity index is 739. The van der Waals surface area contributed by atoms with Crippen LogP contribution in [0.25, 0.3) is 0 Å². The highest BCUT2D eigenvalue weighted by molar-refractivity contribution is 14.1. The second-order valence-electron chi connectivity index (χ2n) is 6.38. The van der Waals surface area contributed by atoms with Crippen LogP contribution in [0.3, 0.4) is 0 Å². The molecule has 1 saturated heterocycles. The van der Waals surface area contributed by atoms with Gasteiger partial charge in [-0.3, -0.25) is 4.79 Å². The Kier molecular flexibility index (Phi) is 5.28. The van der Waals surface area contributed by atoms with Crippen LogP contribution in [0, 0.1) is 9.49 Å². The van der Waals surface area contributed by atoms with Crippen LogP contribution >= 0.6 is 22.6 Å². The zero-order valence-corrected chi connectivity index (χ0v) is 15.9. The molecule has 3 rings (SSSR count). The van der Waals surface area contributed by atoms with E-state index in [4.69, 9.17) is 5.73 Å². The molecule has 0 radical (unpaired) electrons. The molecule has 1 amide bonds. The minimum Gasteiger partial charge on any atom is -0.399 e. The minimum atomic E-state index is -0.0998. The maximum Gasteiger partial charge on any atom is 0.256 e. The third-order valence-corrected chi connectivity index (χ3v) is 5.45. The lowest BCUT2D eigenvalue weighted by Gasteiger charge is -2.33. The number of carbonyl (C=O) groups excluding carboxylic acids is 1. The van der Waals surface area contributed by atoms with E-state index in [9.17, 15) is 4.79 Å². The Labute approximate surface area is 156 Å². The van der Waals surface area contributed by atoms with E-state index in [1.165, 1.54) is 12.8 Å². The smallest absolute Gasteiger partial charge is 0.256 e. The number of nitrogens with one attached hydrogen (secondary N) is 1. The van der Waals surface area contributed by atoms with Crippen LogP contribution in [-0.4, -0.2) is 19.0 Å². The zero-order valence-electron chi connectivity index (χ0n) is 13.8. The molecule has 0 aromatic heterocycles. The van der Waals surface area contributed by atoms with Gasteiger partial charge in [0.2, 0.25) is 0 Å². The summed E-state index contributed by atoms with van der Waals surface area (Å²) in [6.07, 6.45) is 2.35. The predicted molar refractivity (Wildman–Crippen MR) is 109 cm³/mol. The van der Waals surface area contributed by atoms with E-state index < -0.39 is 0 Å². The van der Waals surface area contributed by atoms with Crippen molar-refractivity contribution in [3.05, 3.63) is 51.6 Å². The van der Waals surface area contributed by atoms with Gasteiger partial charge < -0.3 is 16.0 Å². The molecule has 2 aromatic rings. The van der Waals surface area contributed by atoms with Gasteiger partial charge in [-0.05, 0) is 71.7 Å². The number of piperidine rings is 1. The van der Waals surface area contributed by atoms with Gasteiger partial charge in [0, 0.05) is 22.3 Å². The summed E-state index contributed by atoms with van der Waals surface area (Å²) in [7, 11) is 0. The molecule has 0 saturated carbocycles. The van der Waals surface area contributed by atoms with Crippen molar-refractivity contribution >= 4 is 45.6 Å². The number of anilines is 3. The molecule has 1 heterocycles. The molecule has 1 aliphatic rings. The summed E-state index contributed by atoms with van der Waals surface area (Å²) in [5, 5.41) is 3.05. The Hall–Kier alpha value is -1.76. The second kappa shape index (κ2) is 7.42. The highest BCUT2D eigenvalue weighted by Crippen LogP contribution is 2.32. The largest absolute Gasteiger partial charge is 0.399 e. The van der Waals surface area contributed by atoms with E-state index in [-0.39, 0.29) is 5.91 Å². The number of nitrogens with two attached hydrogens (primary N) is 1. The number of hydrogen-bond acceptors (Lipinski definition) is 3. The van der Waals surface area contributed by atoms with E-state index in [1.54, 1.807) is 0 Å². The molecule has 1 fully saturated rings. The van der Waals surface area contributed by atoms with Gasteiger partial charge in [-0.25, -0.2) is 0 Å². The predicted octanol–water partition coefficient (Wildman–Crippen LogP) is 4.36. The summed E-state index contributed by atoms with van der Waals surface area (Å²) in [4.78, 5) is 15.0. The van der Waals surface area contributed by atoms with Crippen molar-refractivity contribution in [3.63, 3.8) is 0 Å². The van der Waals surface area contributed by atoms with Crippen molar-refractivity contribution in [2.45, 2.75) is 19.8 Å². The first-order valence-electron chi connectivity index (χ1n) is 8.25. The lowest BCUT2D eigenvalue weighted by atomic mass is 9.98. The van der Waals surface area contributed by atoms with Crippen LogP contribution in [0.1, 0.15) is 30.1 Å². The van der Waals surface area contributed by atoms with Crippen LogP contribution in [0.5, 0.6) is 0 Å². The summed E-state index contributed by atoms with van der Waals surface area (Å²) in [5.74, 6) is 0.663. The van der Waals surface area contributed by atoms with Gasteiger partial charge in [-0.2, -0.15) is 0 Å². The molecule has 2 aromatic carbocycles. The molecule has 24 heavy (non-hydrogen) atoms. The summed E-state index contributed by atoms with van der Waals surface area (Å²) in [6.45, 7) is 4.31. The number of nitrogens with zero attached hydrogens (tertiary/aromatic N) is 1. The molecular weight excluding hydrogens is 413 g/mol. The molecule has 0 aliphatic carbocycles. The zero-order chi connectivity index (χ0) is 17.1. The molecule has 126 valence electrons. The van der Waals surface area contributed by atoms with Crippen molar-refractivity contribution in [3.8, 4) is 0 Å². The monoisotopic (exact) mass is 435 g/mol. The van der Waals surface area contributed by atoms with Gasteiger partial charge in [0.15, 0.2) is 0 Å². The summed E-state index contributed by atoms with van der Waals surface area (Å²) >= 11 is 2.18. The van der Waals surface area contributed by atoms with E-state index in [0.717, 1.165) is 34.0 Å². The fourth-order valence-corrected chi connectivity index (χ4v) is 3.65. The number of carbonyl (C=O) groups is 1. The molecule has 5 heteroatoms. The third kappa shape index (κ3) is 3.83. The van der Waals surface area contributed by atoms with Gasteiger partial charge in [-0.1, -0.05) is 19.1 Å². The maximum absolute atomic E-state index is 12.7. The number of nitrogen functional groups attached to an aromatic ring is 1. The van der Waals surface area contributed by atoms with Gasteiger partial charge >= 0.3 is 0 Å². The van der Waals surface area contributed by atoms with E-state index in [2.05, 4.69) is 39.7 Å². The Balaban J connectivity index is 1.86. The van der Waals surface area contributed by atoms with Crippen LogP contribution in [-0.2, 0) is 0 Å². The quantitative estimate of drug-likeness (QED) is 0.557. The van der Waals surface area contributed by atoms with Crippen LogP contribution in [0.4, 0.5) is 17.1 Å². The molecule has 1 aliphatic heterocycles. The average molecular weight is 435 g/mol. The Morgan fingerprint density at radius 3 is 2.62 bits per heavy atom. The van der Waals surface area contributed by atoms with Gasteiger partial charge in [0.25, 0.3) is 5.91 Å². The Morgan fingerprint density at radius 2 is 1.92 bits per heavy atom. The van der Waals surface area contributed by atoms with Gasteiger partial charge in [0.05, 0.1) is 16.9 Å². The molecular formula is C19H22IN3O. The normalized spacial score (nSPS) is 15.3. The number of hydrogen-bond donors (Lipinski definition) is 2. The fourth-order valence-electron chi connectivity index (χ4n) is 3.01. The summed E-state index contributed by atoms with van der Waals surface area (Å²) < 4.78 is 0.935. The maximum atomic E-state index is 12.7. The SMILES string of the molecule is CC1CCN(c2ccc(N)cc2NC(=O)c2ccccc2I)CC1. The lowest BCUT2D eigenvalue weighted by molar-refractivity contribution is 0.102. The average Bonchev–Trinajstić information content (AvgIpc) is 2.56. The second-order valence-corrected chi connectivity index (χ2v) is 7.54. The first-order chi connectivity index (χ1) is 11.5. The van der Waals surface area contributed by atoms with E-state index in [1.807, 2.05) is 42.5 Å². The van der Waals surface area contributed by atoms with Crippen LogP contribution in [0.2, 0.25) is 0 Å². The van der Waals surface area contributed by atoms with Crippen molar-refractivity contribution in [1.29, 1.82) is 0 Å². The number of amides is 1. The van der Waals surface area contributed by atoms with Gasteiger partial charge in [0.1, 0.15) is 0 Å². The first-order valence-corrected chi connectivity index (χ1v) is 9.33. The molecule has 0 bridgehead atoms. The minimum absolute atomic E-state index is 0.0998. The van der Waals surface area contributed by atoms with Crippen molar-refractivity contribution in [2.24, 2.45) is 5.92 Å². The van der Waals surface area contributed by atoms with Crippen LogP contribution < -0.4 is 16.0 Å². The molecule has 0 spiro atoms.